The molecule has 0 bridgehead atoms. The van der Waals surface area contributed by atoms with Crippen molar-refractivity contribution in [2.24, 2.45) is 5.10 Å². The van der Waals surface area contributed by atoms with Gasteiger partial charge in [-0.25, -0.2) is 5.43 Å². The van der Waals surface area contributed by atoms with E-state index in [0.717, 1.165) is 29.7 Å². The second kappa shape index (κ2) is 7.48. The number of benzene rings is 3. The van der Waals surface area contributed by atoms with E-state index in [-0.39, 0.29) is 5.91 Å². The van der Waals surface area contributed by atoms with Crippen LogP contribution in [0.4, 0.5) is 0 Å². The van der Waals surface area contributed by atoms with Crippen molar-refractivity contribution in [1.29, 1.82) is 0 Å². The Bertz CT molecular complexity index is 1280. The molecule has 0 saturated carbocycles. The SMILES string of the molecule is COc1ccccc1/C=N\NC(=O)c1cc(-c2ccc3c4c(cccc24)CC3)n[nH]1. The zero-order valence-electron chi connectivity index (χ0n) is 16.5. The molecule has 2 N–H and O–H groups in total. The van der Waals surface area contributed by atoms with Gasteiger partial charge >= 0.3 is 0 Å². The van der Waals surface area contributed by atoms with Crippen LogP contribution in [-0.4, -0.2) is 29.4 Å². The van der Waals surface area contributed by atoms with E-state index in [2.05, 4.69) is 51.1 Å². The Balaban J connectivity index is 1.38. The molecule has 1 aliphatic rings. The number of nitrogens with zero attached hydrogens (tertiary/aromatic N) is 2. The molecule has 6 heteroatoms. The Kier molecular flexibility index (Phi) is 4.52. The van der Waals surface area contributed by atoms with E-state index in [1.165, 1.54) is 21.9 Å². The maximum Gasteiger partial charge on any atom is 0.289 e. The summed E-state index contributed by atoms with van der Waals surface area (Å²) >= 11 is 0. The summed E-state index contributed by atoms with van der Waals surface area (Å²) in [5, 5.41) is 13.7. The normalized spacial score (nSPS) is 12.6. The maximum absolute atomic E-state index is 12.5. The average Bonchev–Trinajstić information content (AvgIpc) is 3.43. The Labute approximate surface area is 173 Å². The fourth-order valence-corrected chi connectivity index (χ4v) is 4.04. The van der Waals surface area contributed by atoms with E-state index in [9.17, 15) is 4.79 Å². The lowest BCUT2D eigenvalue weighted by molar-refractivity contribution is 0.0950. The molecule has 30 heavy (non-hydrogen) atoms. The number of carbonyl (C=O) groups excluding carboxylic acids is 1. The van der Waals surface area contributed by atoms with Crippen molar-refractivity contribution < 1.29 is 9.53 Å². The molecule has 5 rings (SSSR count). The highest BCUT2D eigenvalue weighted by atomic mass is 16.5. The summed E-state index contributed by atoms with van der Waals surface area (Å²) < 4.78 is 5.28. The zero-order chi connectivity index (χ0) is 20.5. The summed E-state index contributed by atoms with van der Waals surface area (Å²) in [5.74, 6) is 0.331. The predicted molar refractivity (Wildman–Crippen MR) is 117 cm³/mol. The lowest BCUT2D eigenvalue weighted by Crippen LogP contribution is -2.18. The first-order chi connectivity index (χ1) is 14.7. The van der Waals surface area contributed by atoms with Gasteiger partial charge in [0.05, 0.1) is 19.0 Å². The number of hydrogen-bond acceptors (Lipinski definition) is 4. The van der Waals surface area contributed by atoms with Crippen LogP contribution in [0.25, 0.3) is 22.0 Å². The Morgan fingerprint density at radius 2 is 1.93 bits per heavy atom. The molecule has 4 aromatic rings. The van der Waals surface area contributed by atoms with Gasteiger partial charge in [0, 0.05) is 11.1 Å². The number of para-hydroxylation sites is 1. The van der Waals surface area contributed by atoms with Crippen LogP contribution >= 0.6 is 0 Å². The smallest absolute Gasteiger partial charge is 0.289 e. The lowest BCUT2D eigenvalue weighted by atomic mass is 9.98. The topological polar surface area (TPSA) is 79.4 Å². The third-order valence-electron chi connectivity index (χ3n) is 5.48. The zero-order valence-corrected chi connectivity index (χ0v) is 16.5. The molecule has 0 unspecified atom stereocenters. The molecule has 1 heterocycles. The van der Waals surface area contributed by atoms with Crippen LogP contribution in [0, 0.1) is 0 Å². The Hall–Kier alpha value is -3.93. The number of aromatic amines is 1. The second-order valence-electron chi connectivity index (χ2n) is 7.22. The van der Waals surface area contributed by atoms with Gasteiger partial charge in [-0.2, -0.15) is 10.2 Å². The van der Waals surface area contributed by atoms with Crippen molar-refractivity contribution in [3.8, 4) is 17.0 Å². The van der Waals surface area contributed by atoms with Gasteiger partial charge in [-0.15, -0.1) is 0 Å². The van der Waals surface area contributed by atoms with Crippen LogP contribution in [0.3, 0.4) is 0 Å². The minimum Gasteiger partial charge on any atom is -0.496 e. The maximum atomic E-state index is 12.5. The van der Waals surface area contributed by atoms with Crippen molar-refractivity contribution in [2.75, 3.05) is 7.11 Å². The van der Waals surface area contributed by atoms with Gasteiger partial charge in [0.15, 0.2) is 0 Å². The molecule has 1 amide bonds. The molecule has 0 radical (unpaired) electrons. The summed E-state index contributed by atoms with van der Waals surface area (Å²) in [6, 6.07) is 19.9. The minimum absolute atomic E-state index is 0.352. The Morgan fingerprint density at radius 3 is 2.80 bits per heavy atom. The van der Waals surface area contributed by atoms with E-state index in [0.29, 0.717) is 11.4 Å². The number of hydrazone groups is 1. The monoisotopic (exact) mass is 396 g/mol. The molecule has 6 nitrogen and oxygen atoms in total. The number of methoxy groups -OCH3 is 1. The van der Waals surface area contributed by atoms with Gasteiger partial charge in [0.1, 0.15) is 11.4 Å². The highest BCUT2D eigenvalue weighted by Crippen LogP contribution is 2.36. The van der Waals surface area contributed by atoms with E-state index in [1.807, 2.05) is 24.3 Å². The molecule has 1 aliphatic carbocycles. The van der Waals surface area contributed by atoms with Crippen molar-refractivity contribution in [2.45, 2.75) is 12.8 Å². The fourth-order valence-electron chi connectivity index (χ4n) is 4.04. The number of nitrogens with one attached hydrogen (secondary N) is 2. The van der Waals surface area contributed by atoms with Gasteiger partial charge in [-0.3, -0.25) is 9.89 Å². The van der Waals surface area contributed by atoms with E-state index >= 15 is 0 Å². The average molecular weight is 396 g/mol. The summed E-state index contributed by atoms with van der Waals surface area (Å²) in [6.45, 7) is 0. The fraction of sp³-hybridized carbons (Fsp3) is 0.125. The third-order valence-corrected chi connectivity index (χ3v) is 5.48. The molecule has 0 fully saturated rings. The molecular weight excluding hydrogens is 376 g/mol. The number of aromatic nitrogens is 2. The van der Waals surface area contributed by atoms with E-state index in [4.69, 9.17) is 4.74 Å². The first kappa shape index (κ1) is 18.1. The summed E-state index contributed by atoms with van der Waals surface area (Å²) in [7, 11) is 1.59. The standard InChI is InChI=1S/C24H20N4O2/c1-30-22-8-3-2-5-17(22)14-25-28-24(29)21-13-20(26-27-21)18-12-11-16-10-9-15-6-4-7-19(18)23(15)16/h2-8,11-14H,9-10H2,1H3,(H,26,27)(H,28,29)/b25-14-. The number of carbonyl (C=O) groups is 1. The first-order valence-corrected chi connectivity index (χ1v) is 9.80. The first-order valence-electron chi connectivity index (χ1n) is 9.80. The van der Waals surface area contributed by atoms with Crippen LogP contribution < -0.4 is 10.2 Å². The number of hydrogen-bond donors (Lipinski definition) is 2. The van der Waals surface area contributed by atoms with E-state index < -0.39 is 0 Å². The van der Waals surface area contributed by atoms with Gasteiger partial charge in [-0.05, 0) is 52.9 Å². The quantitative estimate of drug-likeness (QED) is 0.394. The molecule has 148 valence electrons. The molecule has 3 aromatic carbocycles. The molecular formula is C24H20N4O2. The van der Waals surface area contributed by atoms with Crippen LogP contribution in [-0.2, 0) is 12.8 Å². The van der Waals surface area contributed by atoms with Crippen molar-refractivity contribution in [1.82, 2.24) is 15.6 Å². The number of H-pyrrole nitrogens is 1. The highest BCUT2D eigenvalue weighted by Gasteiger charge is 2.18. The lowest BCUT2D eigenvalue weighted by Gasteiger charge is -2.06. The predicted octanol–water partition coefficient (Wildman–Crippen LogP) is 4.10. The molecule has 1 aromatic heterocycles. The highest BCUT2D eigenvalue weighted by molar-refractivity contribution is 6.02. The van der Waals surface area contributed by atoms with Gasteiger partial charge in [0.2, 0.25) is 0 Å². The van der Waals surface area contributed by atoms with Crippen molar-refractivity contribution in [3.63, 3.8) is 0 Å². The van der Waals surface area contributed by atoms with Crippen LogP contribution in [0.5, 0.6) is 5.75 Å². The van der Waals surface area contributed by atoms with Crippen LogP contribution in [0.2, 0.25) is 0 Å². The number of rotatable bonds is 5. The summed E-state index contributed by atoms with van der Waals surface area (Å²) in [6.07, 6.45) is 3.71. The Morgan fingerprint density at radius 1 is 1.10 bits per heavy atom. The van der Waals surface area contributed by atoms with E-state index in [1.54, 1.807) is 19.4 Å². The third kappa shape index (κ3) is 3.12. The molecule has 0 atom stereocenters. The molecule has 0 spiro atoms. The van der Waals surface area contributed by atoms with Gasteiger partial charge in [0.25, 0.3) is 5.91 Å². The number of ether oxygens (including phenoxy) is 1. The second-order valence-corrected chi connectivity index (χ2v) is 7.22. The van der Waals surface area contributed by atoms with Gasteiger partial charge < -0.3 is 4.74 Å². The van der Waals surface area contributed by atoms with Crippen molar-refractivity contribution in [3.05, 3.63) is 83.0 Å². The number of aryl methyl sites for hydroxylation is 2. The van der Waals surface area contributed by atoms with Gasteiger partial charge in [-0.1, -0.05) is 42.5 Å². The summed E-state index contributed by atoms with van der Waals surface area (Å²) in [5.41, 5.74) is 8.18. The molecule has 0 aliphatic heterocycles. The van der Waals surface area contributed by atoms with Crippen LogP contribution in [0.1, 0.15) is 27.2 Å². The molecule has 0 saturated heterocycles. The minimum atomic E-state index is -0.356. The summed E-state index contributed by atoms with van der Waals surface area (Å²) in [4.78, 5) is 12.5. The number of amides is 1. The van der Waals surface area contributed by atoms with Crippen LogP contribution in [0.15, 0.2) is 65.8 Å². The largest absolute Gasteiger partial charge is 0.496 e. The van der Waals surface area contributed by atoms with Crippen molar-refractivity contribution >= 4 is 22.9 Å².